The molecule has 0 aliphatic carbocycles. The highest BCUT2D eigenvalue weighted by atomic mass is 127. The molecule has 0 fully saturated rings. The van der Waals surface area contributed by atoms with E-state index >= 15 is 0 Å². The van der Waals surface area contributed by atoms with E-state index in [1.807, 2.05) is 46.9 Å². The first-order chi connectivity index (χ1) is 8.58. The minimum absolute atomic E-state index is 0.264. The smallest absolute Gasteiger partial charge is 0.138 e. The molecule has 5 heteroatoms. The van der Waals surface area contributed by atoms with Crippen LogP contribution >= 0.6 is 38.5 Å². The fourth-order valence-corrected chi connectivity index (χ4v) is 2.46. The molecule has 2 rings (SSSR count). The Morgan fingerprint density at radius 1 is 1.28 bits per heavy atom. The van der Waals surface area contributed by atoms with Crippen LogP contribution in [-0.4, -0.2) is 0 Å². The Bertz CT molecular complexity index is 575. The predicted molar refractivity (Wildman–Crippen MR) is 85.0 cm³/mol. The maximum Gasteiger partial charge on any atom is 0.138 e. The number of benzene rings is 2. The molecule has 0 aromatic heterocycles. The van der Waals surface area contributed by atoms with Crippen LogP contribution in [0.2, 0.25) is 0 Å². The molecule has 0 aliphatic heterocycles. The zero-order chi connectivity index (χ0) is 13.1. The molecule has 3 N–H and O–H groups in total. The summed E-state index contributed by atoms with van der Waals surface area (Å²) in [5, 5.41) is 3.14. The number of rotatable bonds is 3. The fourth-order valence-electron chi connectivity index (χ4n) is 1.55. The first-order valence-corrected chi connectivity index (χ1v) is 7.17. The van der Waals surface area contributed by atoms with Gasteiger partial charge in [0.1, 0.15) is 5.82 Å². The minimum atomic E-state index is -0.264. The highest BCUT2D eigenvalue weighted by molar-refractivity contribution is 14.1. The van der Waals surface area contributed by atoms with Gasteiger partial charge in [0.2, 0.25) is 0 Å². The van der Waals surface area contributed by atoms with Gasteiger partial charge in [0.25, 0.3) is 0 Å². The SMILES string of the molecule is Nc1cc(I)c(F)cc1NCc1ccccc1Br. The van der Waals surface area contributed by atoms with Crippen molar-refractivity contribution in [3.05, 3.63) is 55.8 Å². The summed E-state index contributed by atoms with van der Waals surface area (Å²) in [7, 11) is 0. The molecule has 0 saturated carbocycles. The molecule has 94 valence electrons. The van der Waals surface area contributed by atoms with Crippen LogP contribution in [0.1, 0.15) is 5.56 Å². The van der Waals surface area contributed by atoms with Crippen molar-refractivity contribution in [2.45, 2.75) is 6.54 Å². The second-order valence-electron chi connectivity index (χ2n) is 3.80. The van der Waals surface area contributed by atoms with Crippen LogP contribution < -0.4 is 11.1 Å². The van der Waals surface area contributed by atoms with E-state index in [1.54, 1.807) is 6.07 Å². The summed E-state index contributed by atoms with van der Waals surface area (Å²) < 4.78 is 15.0. The summed E-state index contributed by atoms with van der Waals surface area (Å²) >= 11 is 5.39. The van der Waals surface area contributed by atoms with E-state index in [0.29, 0.717) is 21.5 Å². The monoisotopic (exact) mass is 420 g/mol. The van der Waals surface area contributed by atoms with Gasteiger partial charge < -0.3 is 11.1 Å². The summed E-state index contributed by atoms with van der Waals surface area (Å²) in [4.78, 5) is 0. The van der Waals surface area contributed by atoms with Crippen molar-refractivity contribution in [3.63, 3.8) is 0 Å². The average Bonchev–Trinajstić information content (AvgIpc) is 2.34. The minimum Gasteiger partial charge on any atom is -0.397 e. The lowest BCUT2D eigenvalue weighted by atomic mass is 10.2. The molecule has 0 aliphatic rings. The van der Waals surface area contributed by atoms with Crippen molar-refractivity contribution in [1.82, 2.24) is 0 Å². The van der Waals surface area contributed by atoms with E-state index in [9.17, 15) is 4.39 Å². The van der Waals surface area contributed by atoms with Gasteiger partial charge in [-0.25, -0.2) is 4.39 Å². The Kier molecular flexibility index (Phi) is 4.45. The average molecular weight is 421 g/mol. The van der Waals surface area contributed by atoms with E-state index in [4.69, 9.17) is 5.73 Å². The number of halogens is 3. The van der Waals surface area contributed by atoms with Crippen molar-refractivity contribution < 1.29 is 4.39 Å². The van der Waals surface area contributed by atoms with Crippen LogP contribution in [0.15, 0.2) is 40.9 Å². The van der Waals surface area contributed by atoms with E-state index < -0.39 is 0 Å². The lowest BCUT2D eigenvalue weighted by molar-refractivity contribution is 0.621. The van der Waals surface area contributed by atoms with Crippen LogP contribution in [0.4, 0.5) is 15.8 Å². The van der Waals surface area contributed by atoms with E-state index in [1.165, 1.54) is 6.07 Å². The molecule has 18 heavy (non-hydrogen) atoms. The van der Waals surface area contributed by atoms with Crippen molar-refractivity contribution in [1.29, 1.82) is 0 Å². The van der Waals surface area contributed by atoms with Crippen LogP contribution in [0.3, 0.4) is 0 Å². The van der Waals surface area contributed by atoms with Gasteiger partial charge >= 0.3 is 0 Å². The third-order valence-electron chi connectivity index (χ3n) is 2.52. The largest absolute Gasteiger partial charge is 0.397 e. The van der Waals surface area contributed by atoms with Gasteiger partial charge in [-0.05, 0) is 40.3 Å². The predicted octanol–water partition coefficient (Wildman–Crippen LogP) is 4.39. The van der Waals surface area contributed by atoms with Crippen molar-refractivity contribution in [2.75, 3.05) is 11.1 Å². The highest BCUT2D eigenvalue weighted by Gasteiger charge is 2.06. The van der Waals surface area contributed by atoms with Crippen molar-refractivity contribution >= 4 is 49.9 Å². The normalized spacial score (nSPS) is 10.4. The van der Waals surface area contributed by atoms with E-state index in [-0.39, 0.29) is 5.82 Å². The van der Waals surface area contributed by atoms with Gasteiger partial charge in [-0.1, -0.05) is 34.1 Å². The van der Waals surface area contributed by atoms with Crippen LogP contribution in [0.25, 0.3) is 0 Å². The van der Waals surface area contributed by atoms with E-state index in [0.717, 1.165) is 10.0 Å². The summed E-state index contributed by atoms with van der Waals surface area (Å²) in [6, 6.07) is 10.9. The van der Waals surface area contributed by atoms with Crippen LogP contribution in [-0.2, 0) is 6.54 Å². The second kappa shape index (κ2) is 5.88. The third-order valence-corrected chi connectivity index (χ3v) is 4.12. The number of nitrogens with one attached hydrogen (secondary N) is 1. The van der Waals surface area contributed by atoms with Gasteiger partial charge in [-0.15, -0.1) is 0 Å². The summed E-state index contributed by atoms with van der Waals surface area (Å²) in [5.41, 5.74) is 8.10. The van der Waals surface area contributed by atoms with Crippen LogP contribution in [0.5, 0.6) is 0 Å². The number of hydrogen-bond acceptors (Lipinski definition) is 2. The second-order valence-corrected chi connectivity index (χ2v) is 5.82. The number of nitrogen functional groups attached to an aromatic ring is 1. The third kappa shape index (κ3) is 3.14. The maximum absolute atomic E-state index is 13.5. The van der Waals surface area contributed by atoms with Crippen molar-refractivity contribution in [3.8, 4) is 0 Å². The molecular formula is C13H11BrFIN2. The zero-order valence-corrected chi connectivity index (χ0v) is 13.1. The quantitative estimate of drug-likeness (QED) is 0.571. The molecule has 0 unspecified atom stereocenters. The molecule has 0 bridgehead atoms. The molecule has 0 spiro atoms. The standard InChI is InChI=1S/C13H11BrFIN2/c14-9-4-2-1-3-8(9)7-18-13-5-10(15)11(16)6-12(13)17/h1-6,18H,7,17H2. The Morgan fingerprint density at radius 3 is 2.72 bits per heavy atom. The Morgan fingerprint density at radius 2 is 2.00 bits per heavy atom. The highest BCUT2D eigenvalue weighted by Crippen LogP contribution is 2.25. The fraction of sp³-hybridized carbons (Fsp3) is 0.0769. The first-order valence-electron chi connectivity index (χ1n) is 5.29. The maximum atomic E-state index is 13.5. The summed E-state index contributed by atoms with van der Waals surface area (Å²) in [6.07, 6.45) is 0. The zero-order valence-electron chi connectivity index (χ0n) is 9.38. The summed E-state index contributed by atoms with van der Waals surface area (Å²) in [6.45, 7) is 0.589. The molecular weight excluding hydrogens is 410 g/mol. The van der Waals surface area contributed by atoms with Gasteiger partial charge in [-0.2, -0.15) is 0 Å². The number of nitrogens with two attached hydrogens (primary N) is 1. The topological polar surface area (TPSA) is 38.0 Å². The molecule has 0 amide bonds. The van der Waals surface area contributed by atoms with Gasteiger partial charge in [-0.3, -0.25) is 0 Å². The van der Waals surface area contributed by atoms with Gasteiger partial charge in [0, 0.05) is 17.1 Å². The molecule has 2 aromatic rings. The number of anilines is 2. The molecule has 2 aromatic carbocycles. The van der Waals surface area contributed by atoms with Crippen molar-refractivity contribution in [2.24, 2.45) is 0 Å². The summed E-state index contributed by atoms with van der Waals surface area (Å²) in [5.74, 6) is -0.264. The Hall–Kier alpha value is -0.820. The molecule has 0 saturated heterocycles. The molecule has 0 atom stereocenters. The lowest BCUT2D eigenvalue weighted by Gasteiger charge is -2.11. The van der Waals surface area contributed by atoms with Gasteiger partial charge in [0.15, 0.2) is 0 Å². The Balaban J connectivity index is 2.16. The molecule has 2 nitrogen and oxygen atoms in total. The van der Waals surface area contributed by atoms with Gasteiger partial charge in [0.05, 0.1) is 14.9 Å². The van der Waals surface area contributed by atoms with Crippen LogP contribution in [0, 0.1) is 9.39 Å². The lowest BCUT2D eigenvalue weighted by Crippen LogP contribution is -2.04. The Labute approximate surface area is 127 Å². The molecule has 0 radical (unpaired) electrons. The van der Waals surface area contributed by atoms with E-state index in [2.05, 4.69) is 21.2 Å². The molecule has 0 heterocycles. The number of hydrogen-bond donors (Lipinski definition) is 2. The first kappa shape index (κ1) is 13.6.